The fourth-order valence-corrected chi connectivity index (χ4v) is 3.57. The van der Waals surface area contributed by atoms with Crippen molar-refractivity contribution in [3.63, 3.8) is 0 Å². The Morgan fingerprint density at radius 1 is 0.889 bits per heavy atom. The molecule has 0 radical (unpaired) electrons. The topological polar surface area (TPSA) is 81.2 Å². The molecule has 0 aliphatic carbocycles. The average molecular weight is 365 g/mol. The lowest BCUT2D eigenvalue weighted by Crippen LogP contribution is -2.14. The van der Waals surface area contributed by atoms with Gasteiger partial charge in [-0.2, -0.15) is 0 Å². The second-order valence-electron chi connectivity index (χ2n) is 7.09. The molecule has 3 rings (SSSR count). The van der Waals surface area contributed by atoms with E-state index in [2.05, 4.69) is 28.8 Å². The van der Waals surface area contributed by atoms with Gasteiger partial charge in [0.15, 0.2) is 5.88 Å². The predicted octanol–water partition coefficient (Wildman–Crippen LogP) is 2.72. The molecule has 142 valence electrons. The van der Waals surface area contributed by atoms with E-state index in [4.69, 9.17) is 0 Å². The number of carbonyl (C=O) groups excluding carboxylic acids is 1. The van der Waals surface area contributed by atoms with Crippen molar-refractivity contribution in [2.75, 3.05) is 0 Å². The largest absolute Gasteiger partial charge is 0.494 e. The van der Waals surface area contributed by atoms with Crippen LogP contribution in [0.4, 0.5) is 0 Å². The number of nitrogens with zero attached hydrogens (tertiary/aromatic N) is 1. The number of H-pyrrole nitrogens is 2. The molecule has 0 saturated heterocycles. The Labute approximate surface area is 159 Å². The molecule has 0 bridgehead atoms. The molecule has 0 aromatic carbocycles. The molecule has 3 heterocycles. The number of aromatic amines is 2. The summed E-state index contributed by atoms with van der Waals surface area (Å²) in [4.78, 5) is 22.6. The van der Waals surface area contributed by atoms with Gasteiger partial charge in [-0.3, -0.25) is 4.79 Å². The summed E-state index contributed by atoms with van der Waals surface area (Å²) in [5.74, 6) is 0.0553. The molecular weight excluding hydrogens is 338 g/mol. The van der Waals surface area contributed by atoms with E-state index in [0.717, 1.165) is 51.6 Å². The molecule has 0 unspecified atom stereocenters. The molecule has 2 aromatic rings. The van der Waals surface area contributed by atoms with Crippen LogP contribution in [0.2, 0.25) is 0 Å². The minimum atomic E-state index is -0.154. The number of rotatable bonds is 4. The van der Waals surface area contributed by atoms with Gasteiger partial charge in [0.1, 0.15) is 0 Å². The Kier molecular flexibility index (Phi) is 4.96. The highest BCUT2D eigenvalue weighted by atomic mass is 16.3. The Morgan fingerprint density at radius 2 is 1.48 bits per heavy atom. The SMILES string of the molecule is CCc1c(CC)/c(=C/c2[nH]c(O)c(C)c2C)[nH]/c1=C\C1=NC(=O)C(C)=C1C. The van der Waals surface area contributed by atoms with Crippen molar-refractivity contribution in [1.29, 1.82) is 0 Å². The van der Waals surface area contributed by atoms with E-state index in [0.29, 0.717) is 5.57 Å². The van der Waals surface area contributed by atoms with E-state index in [1.165, 1.54) is 11.1 Å². The Bertz CT molecular complexity index is 1110. The van der Waals surface area contributed by atoms with E-state index >= 15 is 0 Å². The lowest BCUT2D eigenvalue weighted by molar-refractivity contribution is -0.114. The van der Waals surface area contributed by atoms with E-state index in [1.54, 1.807) is 0 Å². The number of aromatic hydroxyl groups is 1. The van der Waals surface area contributed by atoms with Gasteiger partial charge >= 0.3 is 0 Å². The van der Waals surface area contributed by atoms with Crippen LogP contribution >= 0.6 is 0 Å². The summed E-state index contributed by atoms with van der Waals surface area (Å²) in [6, 6.07) is 0. The molecule has 5 heteroatoms. The molecule has 1 aliphatic heterocycles. The first-order chi connectivity index (χ1) is 12.8. The summed E-state index contributed by atoms with van der Waals surface area (Å²) in [6.45, 7) is 11.9. The van der Waals surface area contributed by atoms with E-state index in [-0.39, 0.29) is 11.8 Å². The third-order valence-corrected chi connectivity index (χ3v) is 5.62. The number of aromatic nitrogens is 2. The lowest BCUT2D eigenvalue weighted by atomic mass is 10.0. The van der Waals surface area contributed by atoms with Gasteiger partial charge in [-0.05, 0) is 75.0 Å². The van der Waals surface area contributed by atoms with Gasteiger partial charge in [0.2, 0.25) is 0 Å². The summed E-state index contributed by atoms with van der Waals surface area (Å²) < 4.78 is 0. The zero-order chi connectivity index (χ0) is 19.9. The van der Waals surface area contributed by atoms with Gasteiger partial charge in [0.05, 0.1) is 5.71 Å². The summed E-state index contributed by atoms with van der Waals surface area (Å²) in [5, 5.41) is 12.0. The number of hydrogen-bond donors (Lipinski definition) is 3. The first-order valence-electron chi connectivity index (χ1n) is 9.40. The van der Waals surface area contributed by atoms with Gasteiger partial charge in [-0.25, -0.2) is 4.99 Å². The van der Waals surface area contributed by atoms with Crippen LogP contribution in [0.1, 0.15) is 55.6 Å². The van der Waals surface area contributed by atoms with Crippen molar-refractivity contribution in [1.82, 2.24) is 9.97 Å². The zero-order valence-corrected chi connectivity index (χ0v) is 16.9. The van der Waals surface area contributed by atoms with Gasteiger partial charge in [0.25, 0.3) is 5.91 Å². The van der Waals surface area contributed by atoms with Crippen molar-refractivity contribution >= 4 is 23.8 Å². The number of allylic oxidation sites excluding steroid dienone is 1. The van der Waals surface area contributed by atoms with Crippen LogP contribution in [0.15, 0.2) is 16.1 Å². The Morgan fingerprint density at radius 3 is 1.93 bits per heavy atom. The number of nitrogens with one attached hydrogen (secondary N) is 2. The molecular formula is C22H27N3O2. The smallest absolute Gasteiger partial charge is 0.273 e. The molecule has 1 amide bonds. The van der Waals surface area contributed by atoms with E-state index < -0.39 is 0 Å². The van der Waals surface area contributed by atoms with Crippen LogP contribution in [-0.2, 0) is 17.6 Å². The Hall–Kier alpha value is -2.82. The second kappa shape index (κ2) is 7.06. The van der Waals surface area contributed by atoms with Crippen molar-refractivity contribution < 1.29 is 9.90 Å². The second-order valence-corrected chi connectivity index (χ2v) is 7.09. The van der Waals surface area contributed by atoms with Crippen molar-refractivity contribution in [3.05, 3.63) is 49.8 Å². The van der Waals surface area contributed by atoms with Crippen LogP contribution in [0, 0.1) is 13.8 Å². The minimum absolute atomic E-state index is 0.154. The standard InChI is InChI=1S/C22H27N3O2/c1-7-15-16(8-2)20(10-18-12(4)14(6)22(27)25-18)23-19(15)9-17-11(3)13(5)21(26)24-17/h9-10,23-24,26H,7-8H2,1-6H3/b19-9-,20-10-. The normalized spacial score (nSPS) is 16.1. The van der Waals surface area contributed by atoms with Crippen LogP contribution in [0.5, 0.6) is 5.88 Å². The van der Waals surface area contributed by atoms with E-state index in [1.807, 2.05) is 39.8 Å². The highest BCUT2D eigenvalue weighted by Crippen LogP contribution is 2.22. The van der Waals surface area contributed by atoms with Crippen LogP contribution in [0.3, 0.4) is 0 Å². The third kappa shape index (κ3) is 3.18. The zero-order valence-electron chi connectivity index (χ0n) is 16.9. The highest BCUT2D eigenvalue weighted by molar-refractivity contribution is 6.30. The molecule has 1 aliphatic rings. The lowest BCUT2D eigenvalue weighted by Gasteiger charge is -1.99. The highest BCUT2D eigenvalue weighted by Gasteiger charge is 2.19. The maximum atomic E-state index is 11.9. The van der Waals surface area contributed by atoms with Crippen molar-refractivity contribution in [3.8, 4) is 5.88 Å². The summed E-state index contributed by atoms with van der Waals surface area (Å²) in [7, 11) is 0. The predicted molar refractivity (Wildman–Crippen MR) is 110 cm³/mol. The van der Waals surface area contributed by atoms with Crippen molar-refractivity contribution in [2.24, 2.45) is 4.99 Å². The number of amides is 1. The molecule has 5 nitrogen and oxygen atoms in total. The molecule has 3 N–H and O–H groups in total. The Balaban J connectivity index is 2.23. The van der Waals surface area contributed by atoms with Gasteiger partial charge in [-0.15, -0.1) is 0 Å². The summed E-state index contributed by atoms with van der Waals surface area (Å²) in [6.07, 6.45) is 5.80. The van der Waals surface area contributed by atoms with E-state index in [9.17, 15) is 9.90 Å². The fraction of sp³-hybridized carbons (Fsp3) is 0.364. The number of hydrogen-bond acceptors (Lipinski definition) is 2. The van der Waals surface area contributed by atoms with Gasteiger partial charge in [-0.1, -0.05) is 13.8 Å². The molecule has 0 saturated carbocycles. The number of aliphatic imine (C=N–C) groups is 1. The first-order valence-corrected chi connectivity index (χ1v) is 9.40. The van der Waals surface area contributed by atoms with Gasteiger partial charge < -0.3 is 15.1 Å². The summed E-state index contributed by atoms with van der Waals surface area (Å²) in [5.41, 5.74) is 7.65. The van der Waals surface area contributed by atoms with Crippen LogP contribution in [0.25, 0.3) is 12.2 Å². The minimum Gasteiger partial charge on any atom is -0.494 e. The quantitative estimate of drug-likeness (QED) is 0.779. The monoisotopic (exact) mass is 365 g/mol. The maximum absolute atomic E-state index is 11.9. The molecule has 0 atom stereocenters. The van der Waals surface area contributed by atoms with Crippen LogP contribution in [-0.4, -0.2) is 26.7 Å². The molecule has 0 spiro atoms. The van der Waals surface area contributed by atoms with Crippen molar-refractivity contribution in [2.45, 2.75) is 54.4 Å². The number of carbonyl (C=O) groups is 1. The molecule has 2 aromatic heterocycles. The third-order valence-electron chi connectivity index (χ3n) is 5.62. The van der Waals surface area contributed by atoms with Crippen LogP contribution < -0.4 is 10.7 Å². The fourth-order valence-electron chi connectivity index (χ4n) is 3.57. The molecule has 0 fully saturated rings. The molecule has 27 heavy (non-hydrogen) atoms. The maximum Gasteiger partial charge on any atom is 0.273 e. The average Bonchev–Trinajstić information content (AvgIpc) is 3.19. The van der Waals surface area contributed by atoms with Gasteiger partial charge in [0, 0.05) is 27.5 Å². The summed E-state index contributed by atoms with van der Waals surface area (Å²) >= 11 is 0. The first kappa shape index (κ1) is 19.0.